The Labute approximate surface area is 155 Å². The van der Waals surface area contributed by atoms with E-state index in [9.17, 15) is 40.2 Å². The minimum absolute atomic E-state index is 0.133. The van der Waals surface area contributed by atoms with E-state index in [0.29, 0.717) is 6.07 Å². The SMILES string of the molecule is O=C(Cc1ccccc1[N+](=O)[O-])N/N=C/c1cc([N+](=O)[O-])cc([N+](=O)[O-])c1O. The molecule has 2 aromatic carbocycles. The molecule has 0 atom stereocenters. The van der Waals surface area contributed by atoms with Crippen LogP contribution >= 0.6 is 0 Å². The zero-order chi connectivity index (χ0) is 20.8. The van der Waals surface area contributed by atoms with Crippen LogP contribution in [-0.4, -0.2) is 32.0 Å². The van der Waals surface area contributed by atoms with Gasteiger partial charge in [0.15, 0.2) is 0 Å². The summed E-state index contributed by atoms with van der Waals surface area (Å²) in [6.07, 6.45) is 0.405. The fourth-order valence-electron chi connectivity index (χ4n) is 2.19. The van der Waals surface area contributed by atoms with Crippen LogP contribution in [0.1, 0.15) is 11.1 Å². The molecule has 2 N–H and O–H groups in total. The number of benzene rings is 2. The third-order valence-electron chi connectivity index (χ3n) is 3.44. The number of non-ortho nitro benzene ring substituents is 1. The number of nitro groups is 3. The highest BCUT2D eigenvalue weighted by molar-refractivity contribution is 5.88. The summed E-state index contributed by atoms with van der Waals surface area (Å²) in [4.78, 5) is 42.0. The molecule has 2 aromatic rings. The average molecular weight is 389 g/mol. The van der Waals surface area contributed by atoms with Gasteiger partial charge >= 0.3 is 5.69 Å². The Balaban J connectivity index is 2.19. The van der Waals surface area contributed by atoms with Crippen LogP contribution in [0.2, 0.25) is 0 Å². The molecule has 13 nitrogen and oxygen atoms in total. The van der Waals surface area contributed by atoms with Gasteiger partial charge in [0.2, 0.25) is 11.7 Å². The van der Waals surface area contributed by atoms with E-state index in [0.717, 1.165) is 12.3 Å². The van der Waals surface area contributed by atoms with Crippen molar-refractivity contribution in [2.75, 3.05) is 0 Å². The van der Waals surface area contributed by atoms with E-state index in [1.165, 1.54) is 24.3 Å². The fourth-order valence-corrected chi connectivity index (χ4v) is 2.19. The van der Waals surface area contributed by atoms with Crippen LogP contribution in [0.25, 0.3) is 0 Å². The van der Waals surface area contributed by atoms with E-state index in [2.05, 4.69) is 5.10 Å². The molecule has 0 aliphatic rings. The first kappa shape index (κ1) is 19.9. The molecule has 0 radical (unpaired) electrons. The van der Waals surface area contributed by atoms with Gasteiger partial charge in [-0.3, -0.25) is 35.1 Å². The lowest BCUT2D eigenvalue weighted by molar-refractivity contribution is -0.394. The third-order valence-corrected chi connectivity index (χ3v) is 3.44. The molecule has 0 fully saturated rings. The Kier molecular flexibility index (Phi) is 5.90. The third kappa shape index (κ3) is 4.60. The standard InChI is InChI=1S/C15H11N5O8/c21-14(6-9-3-1-2-4-12(9)19(25)26)17-16-8-10-5-11(18(23)24)7-13(15(10)22)20(27)28/h1-5,7-8,22H,6H2,(H,17,21)/b16-8+. The van der Waals surface area contributed by atoms with Crippen molar-refractivity contribution in [2.24, 2.45) is 5.10 Å². The van der Waals surface area contributed by atoms with Crippen molar-refractivity contribution in [1.29, 1.82) is 0 Å². The van der Waals surface area contributed by atoms with Crippen LogP contribution in [-0.2, 0) is 11.2 Å². The second kappa shape index (κ2) is 8.31. The number of nitrogens with one attached hydrogen (secondary N) is 1. The monoisotopic (exact) mass is 389 g/mol. The zero-order valence-electron chi connectivity index (χ0n) is 13.8. The largest absolute Gasteiger partial charge is 0.502 e. The minimum atomic E-state index is -1.01. The Hall–Kier alpha value is -4.42. The van der Waals surface area contributed by atoms with E-state index in [4.69, 9.17) is 0 Å². The molecule has 1 amide bonds. The van der Waals surface area contributed by atoms with E-state index < -0.39 is 37.8 Å². The molecule has 2 rings (SSSR count). The number of nitrogens with zero attached hydrogens (tertiary/aromatic N) is 4. The predicted molar refractivity (Wildman–Crippen MR) is 94.0 cm³/mol. The van der Waals surface area contributed by atoms with Crippen molar-refractivity contribution in [3.05, 3.63) is 77.9 Å². The van der Waals surface area contributed by atoms with Gasteiger partial charge in [-0.1, -0.05) is 18.2 Å². The first-order chi connectivity index (χ1) is 13.2. The number of rotatable bonds is 7. The zero-order valence-corrected chi connectivity index (χ0v) is 13.8. The van der Waals surface area contributed by atoms with Gasteiger partial charge in [-0.25, -0.2) is 5.43 Å². The maximum Gasteiger partial charge on any atom is 0.318 e. The first-order valence-electron chi connectivity index (χ1n) is 7.40. The maximum absolute atomic E-state index is 11.9. The van der Waals surface area contributed by atoms with E-state index >= 15 is 0 Å². The molecule has 0 saturated heterocycles. The van der Waals surface area contributed by atoms with Gasteiger partial charge in [0.25, 0.3) is 11.4 Å². The summed E-state index contributed by atoms with van der Waals surface area (Å²) in [7, 11) is 0. The topological polar surface area (TPSA) is 191 Å². The van der Waals surface area contributed by atoms with Crippen molar-refractivity contribution in [3.63, 3.8) is 0 Å². The number of para-hydroxylation sites is 1. The molecular weight excluding hydrogens is 378 g/mol. The normalized spacial score (nSPS) is 10.6. The Bertz CT molecular complexity index is 1000. The number of phenolic OH excluding ortho intramolecular Hbond substituents is 1. The van der Waals surface area contributed by atoms with Crippen molar-refractivity contribution >= 4 is 29.2 Å². The summed E-state index contributed by atoms with van der Waals surface area (Å²) in [5.74, 6) is -1.61. The molecule has 0 spiro atoms. The first-order valence-corrected chi connectivity index (χ1v) is 7.40. The van der Waals surface area contributed by atoms with Gasteiger partial charge in [-0.05, 0) is 0 Å². The number of carbonyl (C=O) groups is 1. The van der Waals surface area contributed by atoms with Crippen LogP contribution < -0.4 is 5.43 Å². The maximum atomic E-state index is 11.9. The summed E-state index contributed by atoms with van der Waals surface area (Å²) in [5, 5.41) is 45.9. The quantitative estimate of drug-likeness (QED) is 0.406. The molecule has 0 saturated carbocycles. The number of phenols is 1. The number of hydrogen-bond acceptors (Lipinski definition) is 9. The molecule has 13 heteroatoms. The smallest absolute Gasteiger partial charge is 0.318 e. The number of nitro benzene ring substituents is 3. The molecule has 0 aliphatic heterocycles. The Morgan fingerprint density at radius 3 is 2.29 bits per heavy atom. The lowest BCUT2D eigenvalue weighted by atomic mass is 10.1. The summed E-state index contributed by atoms with van der Waals surface area (Å²) in [6.45, 7) is 0. The average Bonchev–Trinajstić information content (AvgIpc) is 2.62. The van der Waals surface area contributed by atoms with E-state index in [1.807, 2.05) is 5.43 Å². The van der Waals surface area contributed by atoms with E-state index in [1.54, 1.807) is 0 Å². The number of amides is 1. The van der Waals surface area contributed by atoms with Crippen LogP contribution in [0.4, 0.5) is 17.1 Å². The minimum Gasteiger partial charge on any atom is -0.502 e. The molecule has 0 heterocycles. The Morgan fingerprint density at radius 2 is 1.68 bits per heavy atom. The molecule has 0 aliphatic carbocycles. The van der Waals surface area contributed by atoms with Gasteiger partial charge in [-0.15, -0.1) is 0 Å². The van der Waals surface area contributed by atoms with Crippen molar-refractivity contribution in [3.8, 4) is 5.75 Å². The summed E-state index contributed by atoms with van der Waals surface area (Å²) in [5.41, 5.74) is -0.0201. The highest BCUT2D eigenvalue weighted by Gasteiger charge is 2.23. The number of hydrogen-bond donors (Lipinski definition) is 2. The van der Waals surface area contributed by atoms with Crippen LogP contribution in [0.15, 0.2) is 41.5 Å². The molecular formula is C15H11N5O8. The molecule has 28 heavy (non-hydrogen) atoms. The second-order valence-corrected chi connectivity index (χ2v) is 5.27. The predicted octanol–water partition coefficient (Wildman–Crippen LogP) is 1.81. The highest BCUT2D eigenvalue weighted by atomic mass is 16.6. The molecule has 0 unspecified atom stereocenters. The molecule has 0 bridgehead atoms. The molecule has 144 valence electrons. The number of carbonyl (C=O) groups excluding carboxylic acids is 1. The van der Waals surface area contributed by atoms with Gasteiger partial charge in [0, 0.05) is 17.7 Å². The van der Waals surface area contributed by atoms with Crippen molar-refractivity contribution < 1.29 is 24.7 Å². The van der Waals surface area contributed by atoms with Gasteiger partial charge in [-0.2, -0.15) is 5.10 Å². The van der Waals surface area contributed by atoms with Crippen LogP contribution in [0.5, 0.6) is 5.75 Å². The Morgan fingerprint density at radius 1 is 1.04 bits per heavy atom. The number of hydrazone groups is 1. The number of aromatic hydroxyl groups is 1. The summed E-state index contributed by atoms with van der Waals surface area (Å²) >= 11 is 0. The summed E-state index contributed by atoms with van der Waals surface area (Å²) in [6, 6.07) is 6.98. The lowest BCUT2D eigenvalue weighted by Gasteiger charge is -2.03. The van der Waals surface area contributed by atoms with Gasteiger partial charge in [0.1, 0.15) is 0 Å². The second-order valence-electron chi connectivity index (χ2n) is 5.27. The van der Waals surface area contributed by atoms with Crippen LogP contribution in [0.3, 0.4) is 0 Å². The fraction of sp³-hybridized carbons (Fsp3) is 0.0667. The lowest BCUT2D eigenvalue weighted by Crippen LogP contribution is -2.20. The van der Waals surface area contributed by atoms with Crippen LogP contribution in [0, 0.1) is 30.3 Å². The molecule has 0 aromatic heterocycles. The van der Waals surface area contributed by atoms with Crippen molar-refractivity contribution in [2.45, 2.75) is 6.42 Å². The van der Waals surface area contributed by atoms with Crippen molar-refractivity contribution in [1.82, 2.24) is 5.43 Å². The van der Waals surface area contributed by atoms with Gasteiger partial charge in [0.05, 0.1) is 39.0 Å². The van der Waals surface area contributed by atoms with Gasteiger partial charge < -0.3 is 5.11 Å². The highest BCUT2D eigenvalue weighted by Crippen LogP contribution is 2.33. The summed E-state index contributed by atoms with van der Waals surface area (Å²) < 4.78 is 0. The van der Waals surface area contributed by atoms with E-state index in [-0.39, 0.29) is 23.2 Å².